The first-order chi connectivity index (χ1) is 8.48. The highest BCUT2D eigenvalue weighted by Gasteiger charge is 2.29. The van der Waals surface area contributed by atoms with Gasteiger partial charge in [-0.1, -0.05) is 18.2 Å². The van der Waals surface area contributed by atoms with Gasteiger partial charge in [-0.3, -0.25) is 4.79 Å². The molecule has 0 aromatic heterocycles. The number of hydrogen-bond acceptors (Lipinski definition) is 3. The van der Waals surface area contributed by atoms with Gasteiger partial charge in [-0.2, -0.15) is 11.8 Å². The first-order valence-corrected chi connectivity index (χ1v) is 7.22. The average Bonchev–Trinajstić information content (AvgIpc) is 2.31. The van der Waals surface area contributed by atoms with Gasteiger partial charge in [-0.25, -0.2) is 0 Å². The Labute approximate surface area is 113 Å². The number of amides is 1. The lowest BCUT2D eigenvalue weighted by Gasteiger charge is -2.37. The second kappa shape index (κ2) is 5.22. The summed E-state index contributed by atoms with van der Waals surface area (Å²) in [5.41, 5.74) is 7.51. The number of carbonyl (C=O) groups is 1. The van der Waals surface area contributed by atoms with E-state index < -0.39 is 0 Å². The van der Waals surface area contributed by atoms with Gasteiger partial charge in [0.05, 0.1) is 6.42 Å². The van der Waals surface area contributed by atoms with Crippen LogP contribution in [0.4, 0.5) is 5.69 Å². The van der Waals surface area contributed by atoms with Crippen molar-refractivity contribution in [1.82, 2.24) is 4.90 Å². The monoisotopic (exact) mass is 264 g/mol. The highest BCUT2D eigenvalue weighted by atomic mass is 32.2. The molecule has 0 spiro atoms. The zero-order valence-corrected chi connectivity index (χ0v) is 11.8. The Bertz CT molecular complexity index is 445. The van der Waals surface area contributed by atoms with Gasteiger partial charge in [-0.05, 0) is 25.5 Å². The third-order valence-electron chi connectivity index (χ3n) is 3.18. The van der Waals surface area contributed by atoms with Gasteiger partial charge < -0.3 is 10.6 Å². The van der Waals surface area contributed by atoms with E-state index in [0.717, 1.165) is 24.4 Å². The van der Waals surface area contributed by atoms with E-state index in [0.29, 0.717) is 12.1 Å². The van der Waals surface area contributed by atoms with Crippen LogP contribution in [0.2, 0.25) is 0 Å². The van der Waals surface area contributed by atoms with E-state index in [2.05, 4.69) is 13.8 Å². The Kier molecular flexibility index (Phi) is 3.85. The molecule has 2 rings (SSSR count). The molecule has 0 radical (unpaired) electrons. The molecule has 1 aromatic carbocycles. The van der Waals surface area contributed by atoms with Crippen LogP contribution in [0.15, 0.2) is 24.3 Å². The van der Waals surface area contributed by atoms with E-state index in [1.807, 2.05) is 40.9 Å². The molecular formula is C14H20N2OS. The Hall–Kier alpha value is -1.16. The highest BCUT2D eigenvalue weighted by molar-refractivity contribution is 8.00. The minimum absolute atomic E-state index is 0.163. The molecule has 98 valence electrons. The molecule has 0 aliphatic carbocycles. The fourth-order valence-corrected chi connectivity index (χ4v) is 3.31. The zero-order chi connectivity index (χ0) is 13.2. The van der Waals surface area contributed by atoms with Crippen molar-refractivity contribution < 1.29 is 4.79 Å². The Morgan fingerprint density at radius 3 is 2.83 bits per heavy atom. The number of thioether (sulfide) groups is 1. The van der Waals surface area contributed by atoms with Crippen LogP contribution >= 0.6 is 11.8 Å². The first-order valence-electron chi connectivity index (χ1n) is 6.23. The zero-order valence-electron chi connectivity index (χ0n) is 11.0. The minimum atomic E-state index is 0.163. The van der Waals surface area contributed by atoms with E-state index in [-0.39, 0.29) is 10.7 Å². The van der Waals surface area contributed by atoms with Gasteiger partial charge in [0.2, 0.25) is 5.91 Å². The minimum Gasteiger partial charge on any atom is -0.398 e. The summed E-state index contributed by atoms with van der Waals surface area (Å²) in [6, 6.07) is 7.59. The van der Waals surface area contributed by atoms with E-state index in [4.69, 9.17) is 5.73 Å². The van der Waals surface area contributed by atoms with Crippen molar-refractivity contribution in [3.05, 3.63) is 29.8 Å². The van der Waals surface area contributed by atoms with E-state index in [1.54, 1.807) is 0 Å². The third-order valence-corrected chi connectivity index (χ3v) is 4.47. The number of nitrogens with two attached hydrogens (primary N) is 1. The van der Waals surface area contributed by atoms with E-state index in [1.165, 1.54) is 0 Å². The molecule has 0 atom stereocenters. The molecule has 1 amide bonds. The molecule has 1 aromatic rings. The number of nitrogens with zero attached hydrogens (tertiary/aromatic N) is 1. The number of nitrogen functional groups attached to an aromatic ring is 1. The van der Waals surface area contributed by atoms with Crippen LogP contribution < -0.4 is 5.73 Å². The lowest BCUT2D eigenvalue weighted by atomic mass is 10.1. The summed E-state index contributed by atoms with van der Waals surface area (Å²) in [4.78, 5) is 14.2. The predicted molar refractivity (Wildman–Crippen MR) is 77.7 cm³/mol. The van der Waals surface area contributed by atoms with Gasteiger partial charge in [-0.15, -0.1) is 0 Å². The molecule has 0 bridgehead atoms. The lowest BCUT2D eigenvalue weighted by Crippen LogP contribution is -2.46. The van der Waals surface area contributed by atoms with Crippen molar-refractivity contribution in [2.24, 2.45) is 0 Å². The summed E-state index contributed by atoms with van der Waals surface area (Å²) in [6.45, 7) is 6.05. The molecule has 3 nitrogen and oxygen atoms in total. The second-order valence-electron chi connectivity index (χ2n) is 5.30. The molecule has 1 aliphatic heterocycles. The molecule has 1 fully saturated rings. The van der Waals surface area contributed by atoms with Crippen LogP contribution in [-0.2, 0) is 11.2 Å². The summed E-state index contributed by atoms with van der Waals surface area (Å²) in [5, 5.41) is 0. The fourth-order valence-electron chi connectivity index (χ4n) is 2.20. The maximum atomic E-state index is 12.3. The summed E-state index contributed by atoms with van der Waals surface area (Å²) in [7, 11) is 0. The molecule has 1 aliphatic rings. The molecule has 1 saturated heterocycles. The maximum Gasteiger partial charge on any atom is 0.227 e. The third kappa shape index (κ3) is 3.19. The topological polar surface area (TPSA) is 46.3 Å². The molecule has 2 N–H and O–H groups in total. The van der Waals surface area contributed by atoms with Crippen LogP contribution in [0.3, 0.4) is 0 Å². The number of anilines is 1. The van der Waals surface area contributed by atoms with Crippen molar-refractivity contribution in [3.63, 3.8) is 0 Å². The lowest BCUT2D eigenvalue weighted by molar-refractivity contribution is -0.130. The smallest absolute Gasteiger partial charge is 0.227 e. The highest BCUT2D eigenvalue weighted by Crippen LogP contribution is 2.29. The van der Waals surface area contributed by atoms with E-state index in [9.17, 15) is 4.79 Å². The second-order valence-corrected chi connectivity index (χ2v) is 7.10. The van der Waals surface area contributed by atoms with Gasteiger partial charge >= 0.3 is 0 Å². The Morgan fingerprint density at radius 2 is 2.17 bits per heavy atom. The molecular weight excluding hydrogens is 244 g/mol. The van der Waals surface area contributed by atoms with Crippen LogP contribution in [0.5, 0.6) is 0 Å². The summed E-state index contributed by atoms with van der Waals surface area (Å²) >= 11 is 1.93. The van der Waals surface area contributed by atoms with Crippen molar-refractivity contribution in [2.75, 3.05) is 24.6 Å². The van der Waals surface area contributed by atoms with Crippen molar-refractivity contribution in [2.45, 2.75) is 25.0 Å². The number of benzene rings is 1. The summed E-state index contributed by atoms with van der Waals surface area (Å²) < 4.78 is 0.163. The van der Waals surface area contributed by atoms with Crippen molar-refractivity contribution in [1.29, 1.82) is 0 Å². The largest absolute Gasteiger partial charge is 0.398 e. The van der Waals surface area contributed by atoms with Gasteiger partial charge in [0.25, 0.3) is 0 Å². The summed E-state index contributed by atoms with van der Waals surface area (Å²) in [5.74, 6) is 1.20. The molecule has 18 heavy (non-hydrogen) atoms. The Morgan fingerprint density at radius 1 is 1.44 bits per heavy atom. The molecule has 0 unspecified atom stereocenters. The molecule has 0 saturated carbocycles. The van der Waals surface area contributed by atoms with Crippen LogP contribution in [0.25, 0.3) is 0 Å². The number of para-hydroxylation sites is 1. The quantitative estimate of drug-likeness (QED) is 0.833. The van der Waals surface area contributed by atoms with Gasteiger partial charge in [0, 0.05) is 29.3 Å². The molecule has 1 heterocycles. The average molecular weight is 264 g/mol. The predicted octanol–water partition coefficient (Wildman–Crippen LogP) is 2.17. The van der Waals surface area contributed by atoms with Crippen LogP contribution in [0, 0.1) is 0 Å². The number of carbonyl (C=O) groups excluding carboxylic acids is 1. The van der Waals surface area contributed by atoms with E-state index >= 15 is 0 Å². The normalized spacial score (nSPS) is 18.7. The Balaban J connectivity index is 2.02. The van der Waals surface area contributed by atoms with Crippen molar-refractivity contribution >= 4 is 23.4 Å². The standard InChI is InChI=1S/C14H20N2OS/c1-14(2)10-16(7-8-18-14)13(17)9-11-5-3-4-6-12(11)15/h3-6H,7-10,15H2,1-2H3. The van der Waals surface area contributed by atoms with Gasteiger partial charge in [0.15, 0.2) is 0 Å². The van der Waals surface area contributed by atoms with Gasteiger partial charge in [0.1, 0.15) is 0 Å². The molecule has 4 heteroatoms. The maximum absolute atomic E-state index is 12.3. The first kappa shape index (κ1) is 13.3. The van der Waals surface area contributed by atoms with Crippen molar-refractivity contribution in [3.8, 4) is 0 Å². The van der Waals surface area contributed by atoms with Crippen LogP contribution in [-0.4, -0.2) is 34.4 Å². The SMILES string of the molecule is CC1(C)CN(C(=O)Cc2ccccc2N)CCS1. The summed E-state index contributed by atoms with van der Waals surface area (Å²) in [6.07, 6.45) is 0.410. The van der Waals surface area contributed by atoms with Crippen LogP contribution in [0.1, 0.15) is 19.4 Å². The number of rotatable bonds is 2. The fraction of sp³-hybridized carbons (Fsp3) is 0.500. The number of hydrogen-bond donors (Lipinski definition) is 1.